The SMILES string of the molecule is CN1C[C@H](C(=O)NBr)C=C2c3cccc4[nH]cc(c34)C[C@H]21. The van der Waals surface area contributed by atoms with Crippen LogP contribution in [0.1, 0.15) is 11.1 Å². The Morgan fingerprint density at radius 3 is 3.14 bits per heavy atom. The highest BCUT2D eigenvalue weighted by Gasteiger charge is 2.35. The number of amides is 1. The van der Waals surface area contributed by atoms with Gasteiger partial charge in [0.2, 0.25) is 5.91 Å². The number of aromatic nitrogens is 1. The van der Waals surface area contributed by atoms with Crippen LogP contribution in [0.3, 0.4) is 0 Å². The molecule has 0 saturated heterocycles. The molecule has 2 aromatic rings. The number of aromatic amines is 1. The summed E-state index contributed by atoms with van der Waals surface area (Å²) in [4.78, 5) is 17.6. The van der Waals surface area contributed by atoms with Gasteiger partial charge in [-0.15, -0.1) is 0 Å². The number of benzene rings is 1. The third-order valence-corrected chi connectivity index (χ3v) is 5.09. The smallest absolute Gasteiger partial charge is 0.238 e. The van der Waals surface area contributed by atoms with E-state index in [2.05, 4.69) is 67.9 Å². The van der Waals surface area contributed by atoms with Gasteiger partial charge >= 0.3 is 0 Å². The quantitative estimate of drug-likeness (QED) is 0.780. The molecule has 21 heavy (non-hydrogen) atoms. The topological polar surface area (TPSA) is 48.1 Å². The van der Waals surface area contributed by atoms with Gasteiger partial charge in [0.25, 0.3) is 0 Å². The van der Waals surface area contributed by atoms with Gasteiger partial charge < -0.3 is 4.98 Å². The standard InChI is InChI=1S/C16H16BrN3O/c1-20-8-10(16(21)19-17)5-12-11-3-2-4-13-15(11)9(7-18-13)6-14(12)20/h2-5,7,10,14,18H,6,8H2,1H3,(H,19,21)/t10-,14-/m1/s1. The minimum absolute atomic E-state index is 0.0137. The molecule has 0 bridgehead atoms. The van der Waals surface area contributed by atoms with E-state index >= 15 is 0 Å². The summed E-state index contributed by atoms with van der Waals surface area (Å²) >= 11 is 3.05. The number of H-pyrrole nitrogens is 1. The van der Waals surface area contributed by atoms with Crippen molar-refractivity contribution in [2.45, 2.75) is 12.5 Å². The molecule has 1 aromatic carbocycles. The molecule has 2 aliphatic rings. The summed E-state index contributed by atoms with van der Waals surface area (Å²) in [5.74, 6) is -0.101. The first-order valence-electron chi connectivity index (χ1n) is 7.11. The minimum Gasteiger partial charge on any atom is -0.361 e. The number of carbonyl (C=O) groups is 1. The van der Waals surface area contributed by atoms with E-state index in [0.29, 0.717) is 6.04 Å². The fraction of sp³-hybridized carbons (Fsp3) is 0.312. The Labute approximate surface area is 131 Å². The molecule has 1 amide bonds. The van der Waals surface area contributed by atoms with E-state index in [0.717, 1.165) is 13.0 Å². The lowest BCUT2D eigenvalue weighted by Crippen LogP contribution is -2.45. The van der Waals surface area contributed by atoms with Crippen LogP contribution in [0.5, 0.6) is 0 Å². The molecule has 1 aliphatic heterocycles. The summed E-state index contributed by atoms with van der Waals surface area (Å²) in [6.07, 6.45) is 5.27. The number of hydrogen-bond donors (Lipinski definition) is 2. The maximum atomic E-state index is 12.0. The molecule has 0 fully saturated rings. The van der Waals surface area contributed by atoms with Crippen molar-refractivity contribution in [2.75, 3.05) is 13.6 Å². The van der Waals surface area contributed by atoms with Gasteiger partial charge in [0.05, 0.1) is 5.92 Å². The van der Waals surface area contributed by atoms with Crippen molar-refractivity contribution in [2.24, 2.45) is 5.92 Å². The van der Waals surface area contributed by atoms with E-state index in [-0.39, 0.29) is 11.8 Å². The molecule has 2 atom stereocenters. The first-order valence-corrected chi connectivity index (χ1v) is 7.90. The summed E-state index contributed by atoms with van der Waals surface area (Å²) in [5.41, 5.74) is 5.09. The van der Waals surface area contributed by atoms with E-state index in [4.69, 9.17) is 0 Å². The van der Waals surface area contributed by atoms with Crippen molar-refractivity contribution < 1.29 is 4.79 Å². The summed E-state index contributed by atoms with van der Waals surface area (Å²) in [5, 5.41) is 1.31. The number of fused-ring (bicyclic) bond motifs is 2. The van der Waals surface area contributed by atoms with E-state index in [9.17, 15) is 4.79 Å². The van der Waals surface area contributed by atoms with Crippen molar-refractivity contribution in [3.63, 3.8) is 0 Å². The molecule has 4 rings (SSSR count). The fourth-order valence-corrected chi connectivity index (χ4v) is 3.98. The average Bonchev–Trinajstić information content (AvgIpc) is 2.92. The molecule has 0 spiro atoms. The molecule has 1 aliphatic carbocycles. The molecule has 1 aromatic heterocycles. The first kappa shape index (κ1) is 13.1. The molecule has 2 N–H and O–H groups in total. The lowest BCUT2D eigenvalue weighted by atomic mass is 9.80. The van der Waals surface area contributed by atoms with Gasteiger partial charge in [-0.1, -0.05) is 18.2 Å². The maximum Gasteiger partial charge on any atom is 0.238 e. The van der Waals surface area contributed by atoms with Crippen LogP contribution in [-0.4, -0.2) is 35.4 Å². The van der Waals surface area contributed by atoms with E-state index < -0.39 is 0 Å². The fourth-order valence-electron chi connectivity index (χ4n) is 3.68. The molecular weight excluding hydrogens is 330 g/mol. The van der Waals surface area contributed by atoms with Crippen LogP contribution in [0.15, 0.2) is 30.5 Å². The van der Waals surface area contributed by atoms with Crippen molar-refractivity contribution >= 4 is 38.5 Å². The minimum atomic E-state index is -0.114. The second kappa shape index (κ2) is 4.71. The molecular formula is C16H16BrN3O. The molecule has 108 valence electrons. The monoisotopic (exact) mass is 345 g/mol. The van der Waals surface area contributed by atoms with Crippen LogP contribution in [-0.2, 0) is 11.2 Å². The Balaban J connectivity index is 1.91. The first-order chi connectivity index (χ1) is 10.2. The zero-order chi connectivity index (χ0) is 14.6. The highest BCUT2D eigenvalue weighted by molar-refractivity contribution is 9.08. The van der Waals surface area contributed by atoms with Gasteiger partial charge in [-0.3, -0.25) is 14.0 Å². The number of halogens is 1. The predicted molar refractivity (Wildman–Crippen MR) is 87.0 cm³/mol. The third kappa shape index (κ3) is 1.88. The van der Waals surface area contributed by atoms with Gasteiger partial charge in [-0.2, -0.15) is 0 Å². The Hall–Kier alpha value is -1.59. The number of nitrogens with zero attached hydrogens (tertiary/aromatic N) is 1. The molecule has 0 radical (unpaired) electrons. The largest absolute Gasteiger partial charge is 0.361 e. The van der Waals surface area contributed by atoms with Crippen molar-refractivity contribution in [1.29, 1.82) is 0 Å². The van der Waals surface area contributed by atoms with Gasteiger partial charge in [0.15, 0.2) is 0 Å². The zero-order valence-corrected chi connectivity index (χ0v) is 13.3. The normalized spacial score (nSPS) is 24.6. The number of carbonyl (C=O) groups excluding carboxylic acids is 1. The van der Waals surface area contributed by atoms with Crippen molar-refractivity contribution in [3.05, 3.63) is 41.6 Å². The Kier molecular flexibility index (Phi) is 2.94. The Bertz CT molecular complexity index is 764. The number of hydrogen-bond acceptors (Lipinski definition) is 2. The highest BCUT2D eigenvalue weighted by atomic mass is 79.9. The van der Waals surface area contributed by atoms with Crippen LogP contribution < -0.4 is 4.34 Å². The van der Waals surface area contributed by atoms with E-state index in [1.54, 1.807) is 0 Å². The summed E-state index contributed by atoms with van der Waals surface area (Å²) in [6, 6.07) is 6.71. The van der Waals surface area contributed by atoms with E-state index in [1.807, 2.05) is 0 Å². The molecule has 2 heterocycles. The van der Waals surface area contributed by atoms with E-state index in [1.165, 1.54) is 27.6 Å². The summed E-state index contributed by atoms with van der Waals surface area (Å²) in [6.45, 7) is 0.751. The predicted octanol–water partition coefficient (Wildman–Crippen LogP) is 2.46. The van der Waals surface area contributed by atoms with Gasteiger partial charge in [-0.25, -0.2) is 0 Å². The second-order valence-corrected chi connectivity index (χ2v) is 6.29. The molecule has 0 saturated carbocycles. The Morgan fingerprint density at radius 2 is 2.33 bits per heavy atom. The maximum absolute atomic E-state index is 12.0. The number of likely N-dealkylation sites (N-methyl/N-ethyl adjacent to an activating group) is 1. The van der Waals surface area contributed by atoms with Crippen LogP contribution in [0.2, 0.25) is 0 Å². The summed E-state index contributed by atoms with van der Waals surface area (Å²) < 4.78 is 2.59. The van der Waals surface area contributed by atoms with Gasteiger partial charge in [-0.05, 0) is 36.2 Å². The van der Waals surface area contributed by atoms with Crippen LogP contribution in [0.25, 0.3) is 16.5 Å². The summed E-state index contributed by atoms with van der Waals surface area (Å²) in [7, 11) is 2.10. The van der Waals surface area contributed by atoms with Gasteiger partial charge in [0, 0.05) is 45.8 Å². The van der Waals surface area contributed by atoms with Crippen LogP contribution in [0.4, 0.5) is 0 Å². The molecule has 4 nitrogen and oxygen atoms in total. The Morgan fingerprint density at radius 1 is 1.48 bits per heavy atom. The van der Waals surface area contributed by atoms with Gasteiger partial charge in [0.1, 0.15) is 0 Å². The second-order valence-electron chi connectivity index (χ2n) is 5.89. The lowest BCUT2D eigenvalue weighted by Gasteiger charge is -2.39. The third-order valence-electron chi connectivity index (χ3n) is 4.70. The lowest BCUT2D eigenvalue weighted by molar-refractivity contribution is -0.122. The number of nitrogens with one attached hydrogen (secondary N) is 2. The van der Waals surface area contributed by atoms with Crippen LogP contribution in [0, 0.1) is 5.92 Å². The molecule has 5 heteroatoms. The van der Waals surface area contributed by atoms with Crippen LogP contribution >= 0.6 is 16.1 Å². The molecule has 0 unspecified atom stereocenters. The van der Waals surface area contributed by atoms with Crippen molar-refractivity contribution in [3.8, 4) is 0 Å². The van der Waals surface area contributed by atoms with Crippen molar-refractivity contribution in [1.82, 2.24) is 14.2 Å². The highest BCUT2D eigenvalue weighted by Crippen LogP contribution is 2.40. The number of rotatable bonds is 1. The average molecular weight is 346 g/mol. The zero-order valence-electron chi connectivity index (χ0n) is 11.7.